The Morgan fingerprint density at radius 1 is 1.00 bits per heavy atom. The van der Waals surface area contributed by atoms with Crippen molar-refractivity contribution in [2.75, 3.05) is 33.3 Å². The van der Waals surface area contributed by atoms with Crippen molar-refractivity contribution in [2.45, 2.75) is 32.4 Å². The number of benzene rings is 1. The van der Waals surface area contributed by atoms with E-state index in [1.807, 2.05) is 29.2 Å². The molecule has 4 heterocycles. The average molecular weight is 476 g/mol. The van der Waals surface area contributed by atoms with Gasteiger partial charge in [-0.05, 0) is 36.6 Å². The van der Waals surface area contributed by atoms with E-state index in [0.717, 1.165) is 50.3 Å². The van der Waals surface area contributed by atoms with E-state index in [1.165, 1.54) is 13.2 Å². The molecule has 0 N–H and O–H groups in total. The topological polar surface area (TPSA) is 89.8 Å². The van der Waals surface area contributed by atoms with Crippen LogP contribution in [0.3, 0.4) is 0 Å². The van der Waals surface area contributed by atoms with Gasteiger partial charge < -0.3 is 18.9 Å². The molecule has 182 valence electrons. The quantitative estimate of drug-likeness (QED) is 0.542. The highest BCUT2D eigenvalue weighted by Crippen LogP contribution is 2.26. The summed E-state index contributed by atoms with van der Waals surface area (Å²) in [6.45, 7) is 4.23. The Morgan fingerprint density at radius 3 is 2.46 bits per heavy atom. The molecule has 0 saturated carbocycles. The summed E-state index contributed by atoms with van der Waals surface area (Å²) < 4.78 is 12.9. The van der Waals surface area contributed by atoms with Gasteiger partial charge in [0.05, 0.1) is 7.11 Å². The molecule has 9 nitrogen and oxygen atoms in total. The number of likely N-dealkylation sites (tertiary alicyclic amines) is 1. The first-order chi connectivity index (χ1) is 17.1. The standard InChI is InChI=1S/C26H29N5O4/c1-34-22-17-23(32)31-16-15-29(14-9-21(31)24(22)25(33)30-12-2-3-13-30)18-19-5-7-20(8-6-19)35-26-27-10-4-11-28-26/h4-8,10-11,17H,2-3,9,12-16,18H2,1H3. The minimum atomic E-state index is -0.124. The lowest BCUT2D eigenvalue weighted by atomic mass is 10.1. The molecule has 5 rings (SSSR count). The van der Waals surface area contributed by atoms with E-state index < -0.39 is 0 Å². The predicted octanol–water partition coefficient (Wildman–Crippen LogP) is 2.73. The monoisotopic (exact) mass is 475 g/mol. The van der Waals surface area contributed by atoms with Crippen LogP contribution in [0.5, 0.6) is 17.5 Å². The summed E-state index contributed by atoms with van der Waals surface area (Å²) in [6.07, 6.45) is 5.91. The first-order valence-electron chi connectivity index (χ1n) is 12.0. The first kappa shape index (κ1) is 23.0. The molecular weight excluding hydrogens is 446 g/mol. The smallest absolute Gasteiger partial charge is 0.321 e. The van der Waals surface area contributed by atoms with Gasteiger partial charge in [-0.3, -0.25) is 14.5 Å². The largest absolute Gasteiger partial charge is 0.496 e. The zero-order chi connectivity index (χ0) is 24.2. The minimum absolute atomic E-state index is 0.0328. The van der Waals surface area contributed by atoms with Crippen LogP contribution in [0.15, 0.2) is 53.6 Å². The lowest BCUT2D eigenvalue weighted by Gasteiger charge is -2.21. The molecule has 3 aromatic rings. The zero-order valence-corrected chi connectivity index (χ0v) is 19.9. The molecular formula is C26H29N5O4. The van der Waals surface area contributed by atoms with Gasteiger partial charge in [0, 0.05) is 69.8 Å². The molecule has 1 aromatic carbocycles. The van der Waals surface area contributed by atoms with Crippen LogP contribution < -0.4 is 15.0 Å². The molecule has 35 heavy (non-hydrogen) atoms. The summed E-state index contributed by atoms with van der Waals surface area (Å²) in [5.41, 5.74) is 2.33. The van der Waals surface area contributed by atoms with Crippen molar-refractivity contribution in [2.24, 2.45) is 0 Å². The van der Waals surface area contributed by atoms with E-state index in [2.05, 4.69) is 14.9 Å². The zero-order valence-electron chi connectivity index (χ0n) is 19.9. The van der Waals surface area contributed by atoms with E-state index in [0.29, 0.717) is 42.6 Å². The number of pyridine rings is 1. The van der Waals surface area contributed by atoms with Gasteiger partial charge in [0.25, 0.3) is 11.5 Å². The van der Waals surface area contributed by atoms with Crippen molar-refractivity contribution in [1.29, 1.82) is 0 Å². The number of hydrogen-bond donors (Lipinski definition) is 0. The number of ether oxygens (including phenoxy) is 2. The third-order valence-corrected chi connectivity index (χ3v) is 6.59. The van der Waals surface area contributed by atoms with Crippen molar-refractivity contribution >= 4 is 5.91 Å². The third-order valence-electron chi connectivity index (χ3n) is 6.59. The molecule has 0 aliphatic carbocycles. The second kappa shape index (κ2) is 10.3. The summed E-state index contributed by atoms with van der Waals surface area (Å²) in [5, 5.41) is 0. The second-order valence-electron chi connectivity index (χ2n) is 8.83. The Labute approximate surface area is 203 Å². The number of aromatic nitrogens is 3. The Hall–Kier alpha value is -3.72. The van der Waals surface area contributed by atoms with Gasteiger partial charge in [-0.1, -0.05) is 12.1 Å². The van der Waals surface area contributed by atoms with Gasteiger partial charge in [-0.15, -0.1) is 0 Å². The Morgan fingerprint density at radius 2 is 1.74 bits per heavy atom. The fourth-order valence-corrected chi connectivity index (χ4v) is 4.79. The van der Waals surface area contributed by atoms with E-state index in [4.69, 9.17) is 9.47 Å². The first-order valence-corrected chi connectivity index (χ1v) is 12.0. The van der Waals surface area contributed by atoms with E-state index in [-0.39, 0.29) is 11.5 Å². The van der Waals surface area contributed by atoms with Crippen LogP contribution in [-0.2, 0) is 19.5 Å². The highest BCUT2D eigenvalue weighted by Gasteiger charge is 2.29. The summed E-state index contributed by atoms with van der Waals surface area (Å²) >= 11 is 0. The van der Waals surface area contributed by atoms with E-state index >= 15 is 0 Å². The van der Waals surface area contributed by atoms with Gasteiger partial charge in [0.1, 0.15) is 17.1 Å². The molecule has 2 aliphatic rings. The predicted molar refractivity (Wildman–Crippen MR) is 130 cm³/mol. The van der Waals surface area contributed by atoms with Crippen LogP contribution in [0.2, 0.25) is 0 Å². The summed E-state index contributed by atoms with van der Waals surface area (Å²) in [5.74, 6) is 1.02. The minimum Gasteiger partial charge on any atom is -0.496 e. The van der Waals surface area contributed by atoms with Gasteiger partial charge in [-0.25, -0.2) is 9.97 Å². The molecule has 9 heteroatoms. The van der Waals surface area contributed by atoms with Crippen LogP contribution in [0.4, 0.5) is 0 Å². The fourth-order valence-electron chi connectivity index (χ4n) is 4.79. The maximum absolute atomic E-state index is 13.4. The van der Waals surface area contributed by atoms with E-state index in [9.17, 15) is 9.59 Å². The molecule has 2 aliphatic heterocycles. The van der Waals surface area contributed by atoms with Crippen molar-refractivity contribution in [1.82, 2.24) is 24.3 Å². The number of fused-ring (bicyclic) bond motifs is 1. The number of methoxy groups -OCH3 is 1. The highest BCUT2D eigenvalue weighted by molar-refractivity contribution is 5.98. The van der Waals surface area contributed by atoms with Crippen LogP contribution in [0.1, 0.15) is 34.5 Å². The van der Waals surface area contributed by atoms with Gasteiger partial charge in [0.15, 0.2) is 0 Å². The van der Waals surface area contributed by atoms with Gasteiger partial charge in [0.2, 0.25) is 0 Å². The number of carbonyl (C=O) groups excluding carboxylic acids is 1. The number of rotatable bonds is 6. The molecule has 1 amide bonds. The molecule has 0 unspecified atom stereocenters. The Balaban J connectivity index is 1.31. The molecule has 1 fully saturated rings. The van der Waals surface area contributed by atoms with Gasteiger partial charge >= 0.3 is 6.01 Å². The van der Waals surface area contributed by atoms with Crippen LogP contribution >= 0.6 is 0 Å². The molecule has 0 radical (unpaired) electrons. The van der Waals surface area contributed by atoms with E-state index in [1.54, 1.807) is 23.0 Å². The van der Waals surface area contributed by atoms with Crippen LogP contribution in [0, 0.1) is 0 Å². The van der Waals surface area contributed by atoms with Crippen LogP contribution in [-0.4, -0.2) is 63.5 Å². The lowest BCUT2D eigenvalue weighted by Crippen LogP contribution is -2.33. The lowest BCUT2D eigenvalue weighted by molar-refractivity contribution is 0.0787. The van der Waals surface area contributed by atoms with Crippen molar-refractivity contribution < 1.29 is 14.3 Å². The number of nitrogens with zero attached hydrogens (tertiary/aromatic N) is 5. The Kier molecular flexibility index (Phi) is 6.76. The van der Waals surface area contributed by atoms with Crippen molar-refractivity contribution in [3.05, 3.63) is 76.0 Å². The maximum Gasteiger partial charge on any atom is 0.321 e. The van der Waals surface area contributed by atoms with Crippen molar-refractivity contribution in [3.8, 4) is 17.5 Å². The highest BCUT2D eigenvalue weighted by atomic mass is 16.5. The van der Waals surface area contributed by atoms with Crippen LogP contribution in [0.25, 0.3) is 0 Å². The molecule has 2 aromatic heterocycles. The summed E-state index contributed by atoms with van der Waals surface area (Å²) in [4.78, 5) is 38.5. The second-order valence-corrected chi connectivity index (χ2v) is 8.83. The molecule has 0 atom stereocenters. The van der Waals surface area contributed by atoms with Gasteiger partial charge in [-0.2, -0.15) is 0 Å². The number of amides is 1. The third kappa shape index (κ3) is 5.05. The molecule has 0 spiro atoms. The summed E-state index contributed by atoms with van der Waals surface area (Å²) in [6, 6.07) is 11.4. The fraction of sp³-hybridized carbons (Fsp3) is 0.385. The maximum atomic E-state index is 13.4. The van der Waals surface area contributed by atoms with Crippen molar-refractivity contribution in [3.63, 3.8) is 0 Å². The summed E-state index contributed by atoms with van der Waals surface area (Å²) in [7, 11) is 1.52. The average Bonchev–Trinajstić information content (AvgIpc) is 3.34. The molecule has 0 bridgehead atoms. The molecule has 1 saturated heterocycles. The normalized spacial score (nSPS) is 16.0. The Bertz CT molecular complexity index is 1240. The number of hydrogen-bond acceptors (Lipinski definition) is 7. The number of carbonyl (C=O) groups is 1. The SMILES string of the molecule is COc1cc(=O)n2c(c1C(=O)N1CCCC1)CCN(Cc1ccc(Oc3ncccn3)cc1)CC2.